The van der Waals surface area contributed by atoms with Gasteiger partial charge in [0.1, 0.15) is 0 Å². The molecular weight excluding hydrogens is 406 g/mol. The lowest BCUT2D eigenvalue weighted by molar-refractivity contribution is -0.160. The zero-order chi connectivity index (χ0) is 21.5. The molecule has 1 aromatic carbocycles. The van der Waals surface area contributed by atoms with Crippen LogP contribution < -0.4 is 5.32 Å². The van der Waals surface area contributed by atoms with Crippen molar-refractivity contribution < 1.29 is 9.53 Å². The molecule has 0 spiro atoms. The van der Waals surface area contributed by atoms with Crippen molar-refractivity contribution in [3.63, 3.8) is 0 Å². The van der Waals surface area contributed by atoms with Gasteiger partial charge in [0.15, 0.2) is 5.60 Å². The molecule has 0 bridgehead atoms. The Bertz CT molecular complexity index is 989. The minimum Gasteiger partial charge on any atom is -0.362 e. The SMILES string of the molecule is C=CCNC(=O)C1(Cc2ccc(-c3cccs3)cc2)CN(Cc2cccnc2)CCO1. The fourth-order valence-corrected chi connectivity index (χ4v) is 4.68. The number of aromatic nitrogens is 1. The van der Waals surface area contributed by atoms with Crippen LogP contribution in [0.2, 0.25) is 0 Å². The van der Waals surface area contributed by atoms with Gasteiger partial charge in [-0.3, -0.25) is 14.7 Å². The molecule has 0 aliphatic carbocycles. The number of ether oxygens (including phenoxy) is 1. The Morgan fingerprint density at radius 1 is 1.23 bits per heavy atom. The van der Waals surface area contributed by atoms with Crippen molar-refractivity contribution in [2.45, 2.75) is 18.6 Å². The van der Waals surface area contributed by atoms with E-state index in [4.69, 9.17) is 4.74 Å². The Kier molecular flexibility index (Phi) is 6.92. The molecule has 0 radical (unpaired) electrons. The average molecular weight is 434 g/mol. The number of morpholine rings is 1. The van der Waals surface area contributed by atoms with E-state index in [0.717, 1.165) is 24.2 Å². The first-order valence-electron chi connectivity index (χ1n) is 10.5. The topological polar surface area (TPSA) is 54.5 Å². The molecule has 1 aliphatic rings. The summed E-state index contributed by atoms with van der Waals surface area (Å²) in [5, 5.41) is 5.04. The number of benzene rings is 1. The van der Waals surface area contributed by atoms with Crippen LogP contribution in [0, 0.1) is 0 Å². The van der Waals surface area contributed by atoms with Gasteiger partial charge in [-0.1, -0.05) is 42.5 Å². The first-order chi connectivity index (χ1) is 15.2. The Hall–Kier alpha value is -2.80. The molecule has 1 fully saturated rings. The highest BCUT2D eigenvalue weighted by Gasteiger charge is 2.43. The van der Waals surface area contributed by atoms with E-state index >= 15 is 0 Å². The average Bonchev–Trinajstić information content (AvgIpc) is 3.34. The first-order valence-corrected chi connectivity index (χ1v) is 11.3. The number of hydrogen-bond acceptors (Lipinski definition) is 5. The quantitative estimate of drug-likeness (QED) is 0.547. The number of pyridine rings is 1. The lowest BCUT2D eigenvalue weighted by Crippen LogP contribution is -2.61. The standard InChI is InChI=1S/C25H27N3O2S/c1-2-11-27-24(29)25(16-20-7-9-22(10-8-20)23-6-4-15-31-23)19-28(13-14-30-25)18-21-5-3-12-26-17-21/h2-10,12,15,17H,1,11,13-14,16,18-19H2,(H,27,29). The molecule has 1 amide bonds. The Labute approximate surface area is 187 Å². The Morgan fingerprint density at radius 3 is 2.81 bits per heavy atom. The molecule has 3 heterocycles. The van der Waals surface area contributed by atoms with E-state index in [2.05, 4.69) is 69.6 Å². The van der Waals surface area contributed by atoms with Gasteiger partial charge >= 0.3 is 0 Å². The Morgan fingerprint density at radius 2 is 2.10 bits per heavy atom. The molecule has 31 heavy (non-hydrogen) atoms. The lowest BCUT2D eigenvalue weighted by atomic mass is 9.90. The summed E-state index contributed by atoms with van der Waals surface area (Å²) in [6, 6.07) is 16.6. The van der Waals surface area contributed by atoms with Gasteiger partial charge in [0.25, 0.3) is 5.91 Å². The van der Waals surface area contributed by atoms with Crippen molar-refractivity contribution in [3.05, 3.63) is 90.1 Å². The van der Waals surface area contributed by atoms with Crippen LogP contribution in [0.3, 0.4) is 0 Å². The number of hydrogen-bond donors (Lipinski definition) is 1. The van der Waals surface area contributed by atoms with E-state index in [1.807, 2.05) is 12.3 Å². The van der Waals surface area contributed by atoms with Crippen LogP contribution in [0.4, 0.5) is 0 Å². The monoisotopic (exact) mass is 433 g/mol. The van der Waals surface area contributed by atoms with Crippen LogP contribution in [0.1, 0.15) is 11.1 Å². The molecule has 2 aromatic heterocycles. The molecule has 5 nitrogen and oxygen atoms in total. The van der Waals surface area contributed by atoms with E-state index in [1.165, 1.54) is 10.4 Å². The number of thiophene rings is 1. The zero-order valence-electron chi connectivity index (χ0n) is 17.5. The molecule has 3 aromatic rings. The summed E-state index contributed by atoms with van der Waals surface area (Å²) in [7, 11) is 0. The highest BCUT2D eigenvalue weighted by molar-refractivity contribution is 7.13. The van der Waals surface area contributed by atoms with E-state index < -0.39 is 5.60 Å². The maximum atomic E-state index is 13.2. The second-order valence-corrected chi connectivity index (χ2v) is 8.71. The summed E-state index contributed by atoms with van der Waals surface area (Å²) in [5.41, 5.74) is 2.46. The normalized spacial score (nSPS) is 19.1. The van der Waals surface area contributed by atoms with Crippen molar-refractivity contribution in [3.8, 4) is 10.4 Å². The number of nitrogens with one attached hydrogen (secondary N) is 1. The smallest absolute Gasteiger partial charge is 0.254 e. The zero-order valence-corrected chi connectivity index (χ0v) is 18.3. The van der Waals surface area contributed by atoms with Crippen molar-refractivity contribution in [2.75, 3.05) is 26.2 Å². The molecule has 1 atom stereocenters. The molecule has 1 aliphatic heterocycles. The minimum absolute atomic E-state index is 0.0920. The van der Waals surface area contributed by atoms with Gasteiger partial charge in [0.2, 0.25) is 0 Å². The molecule has 1 unspecified atom stereocenters. The van der Waals surface area contributed by atoms with E-state index in [1.54, 1.807) is 23.6 Å². The van der Waals surface area contributed by atoms with E-state index in [9.17, 15) is 4.79 Å². The largest absolute Gasteiger partial charge is 0.362 e. The minimum atomic E-state index is -0.937. The highest BCUT2D eigenvalue weighted by atomic mass is 32.1. The van der Waals surface area contributed by atoms with Crippen LogP contribution in [-0.2, 0) is 22.5 Å². The van der Waals surface area contributed by atoms with Crippen molar-refractivity contribution in [1.82, 2.24) is 15.2 Å². The third-order valence-corrected chi connectivity index (χ3v) is 6.38. The van der Waals surface area contributed by atoms with Crippen molar-refractivity contribution >= 4 is 17.2 Å². The van der Waals surface area contributed by atoms with Gasteiger partial charge in [0.05, 0.1) is 6.61 Å². The number of carbonyl (C=O) groups is 1. The molecule has 1 N–H and O–H groups in total. The maximum absolute atomic E-state index is 13.2. The van der Waals surface area contributed by atoms with Gasteiger partial charge < -0.3 is 10.1 Å². The van der Waals surface area contributed by atoms with Crippen molar-refractivity contribution in [2.24, 2.45) is 0 Å². The highest BCUT2D eigenvalue weighted by Crippen LogP contribution is 2.28. The second-order valence-electron chi connectivity index (χ2n) is 7.76. The summed E-state index contributed by atoms with van der Waals surface area (Å²) < 4.78 is 6.20. The van der Waals surface area contributed by atoms with Crippen LogP contribution >= 0.6 is 11.3 Å². The van der Waals surface area contributed by atoms with Crippen LogP contribution in [0.5, 0.6) is 0 Å². The van der Waals surface area contributed by atoms with E-state index in [0.29, 0.717) is 26.1 Å². The summed E-state index contributed by atoms with van der Waals surface area (Å²) in [6.07, 6.45) is 5.86. The molecular formula is C25H27N3O2S. The lowest BCUT2D eigenvalue weighted by Gasteiger charge is -2.41. The number of amides is 1. The van der Waals surface area contributed by atoms with Gasteiger partial charge in [-0.05, 0) is 34.2 Å². The number of nitrogens with zero attached hydrogens (tertiary/aromatic N) is 2. The molecule has 1 saturated heterocycles. The number of rotatable bonds is 8. The summed E-state index contributed by atoms with van der Waals surface area (Å²) in [5.74, 6) is -0.0920. The van der Waals surface area contributed by atoms with Gasteiger partial charge in [-0.15, -0.1) is 17.9 Å². The predicted octanol–water partition coefficient (Wildman–Crippen LogP) is 3.93. The fraction of sp³-hybridized carbons (Fsp3) is 0.280. The number of carbonyl (C=O) groups excluding carboxylic acids is 1. The van der Waals surface area contributed by atoms with Gasteiger partial charge in [0, 0.05) is 49.9 Å². The molecule has 4 rings (SSSR count). The molecule has 0 saturated carbocycles. The summed E-state index contributed by atoms with van der Waals surface area (Å²) >= 11 is 1.72. The van der Waals surface area contributed by atoms with Gasteiger partial charge in [-0.2, -0.15) is 0 Å². The molecule has 160 valence electrons. The summed E-state index contributed by atoms with van der Waals surface area (Å²) in [6.45, 7) is 6.69. The predicted molar refractivity (Wildman–Crippen MR) is 125 cm³/mol. The summed E-state index contributed by atoms with van der Waals surface area (Å²) in [4.78, 5) is 20.9. The third kappa shape index (κ3) is 5.28. The first kappa shape index (κ1) is 21.4. The Balaban J connectivity index is 1.54. The third-order valence-electron chi connectivity index (χ3n) is 5.46. The molecule has 6 heteroatoms. The van der Waals surface area contributed by atoms with Crippen LogP contribution in [0.15, 0.2) is 79.0 Å². The second kappa shape index (κ2) is 10.0. The van der Waals surface area contributed by atoms with Crippen molar-refractivity contribution in [1.29, 1.82) is 0 Å². The maximum Gasteiger partial charge on any atom is 0.254 e. The fourth-order valence-electron chi connectivity index (χ4n) is 3.95. The van der Waals surface area contributed by atoms with Gasteiger partial charge in [-0.25, -0.2) is 0 Å². The van der Waals surface area contributed by atoms with E-state index in [-0.39, 0.29) is 5.91 Å². The van der Waals surface area contributed by atoms with Crippen LogP contribution in [0.25, 0.3) is 10.4 Å². The van der Waals surface area contributed by atoms with Crippen LogP contribution in [-0.4, -0.2) is 47.6 Å².